The van der Waals surface area contributed by atoms with Gasteiger partial charge in [0.25, 0.3) is 0 Å². The van der Waals surface area contributed by atoms with Crippen LogP contribution >= 0.6 is 0 Å². The molecule has 18 heavy (non-hydrogen) atoms. The molecule has 2 atom stereocenters. The fraction of sp³-hybridized carbons (Fsp3) is 1.00. The fourth-order valence-electron chi connectivity index (χ4n) is 3.91. The summed E-state index contributed by atoms with van der Waals surface area (Å²) in [5, 5.41) is 3.75. The minimum absolute atomic E-state index is 0.134. The Kier molecular flexibility index (Phi) is 4.38. The van der Waals surface area contributed by atoms with Gasteiger partial charge in [0.1, 0.15) is 0 Å². The first-order valence-corrected chi connectivity index (χ1v) is 7.81. The molecule has 0 aromatic rings. The van der Waals surface area contributed by atoms with E-state index in [4.69, 9.17) is 4.74 Å². The Morgan fingerprint density at radius 1 is 1.28 bits per heavy atom. The molecule has 1 aliphatic heterocycles. The molecule has 1 saturated heterocycles. The molecular formula is C16H31NO. The maximum atomic E-state index is 6.32. The average Bonchev–Trinajstić information content (AvgIpc) is 2.26. The normalized spacial score (nSPS) is 36.2. The number of rotatable bonds is 3. The molecule has 0 aromatic carbocycles. The van der Waals surface area contributed by atoms with Crippen LogP contribution in [0.3, 0.4) is 0 Å². The summed E-state index contributed by atoms with van der Waals surface area (Å²) < 4.78 is 6.32. The van der Waals surface area contributed by atoms with Crippen LogP contribution in [-0.2, 0) is 4.74 Å². The predicted molar refractivity (Wildman–Crippen MR) is 76.8 cm³/mol. The van der Waals surface area contributed by atoms with Crippen molar-refractivity contribution >= 4 is 0 Å². The summed E-state index contributed by atoms with van der Waals surface area (Å²) >= 11 is 0. The lowest BCUT2D eigenvalue weighted by molar-refractivity contribution is -0.141. The van der Waals surface area contributed by atoms with E-state index in [0.717, 1.165) is 19.1 Å². The maximum absolute atomic E-state index is 6.32. The van der Waals surface area contributed by atoms with Crippen molar-refractivity contribution in [2.45, 2.75) is 77.9 Å². The van der Waals surface area contributed by atoms with Crippen molar-refractivity contribution in [2.75, 3.05) is 13.2 Å². The Labute approximate surface area is 113 Å². The third-order valence-electron chi connectivity index (χ3n) is 4.78. The van der Waals surface area contributed by atoms with E-state index in [9.17, 15) is 0 Å². The number of nitrogens with one attached hydrogen (secondary N) is 1. The number of morpholine rings is 1. The van der Waals surface area contributed by atoms with Gasteiger partial charge >= 0.3 is 0 Å². The van der Waals surface area contributed by atoms with Crippen LogP contribution in [0.15, 0.2) is 0 Å². The minimum Gasteiger partial charge on any atom is -0.372 e. The summed E-state index contributed by atoms with van der Waals surface area (Å²) in [5.41, 5.74) is 0.586. The van der Waals surface area contributed by atoms with Crippen LogP contribution in [0.25, 0.3) is 0 Å². The van der Waals surface area contributed by atoms with E-state index in [1.807, 2.05) is 0 Å². The van der Waals surface area contributed by atoms with Gasteiger partial charge < -0.3 is 10.1 Å². The highest BCUT2D eigenvalue weighted by atomic mass is 16.5. The topological polar surface area (TPSA) is 21.3 Å². The van der Waals surface area contributed by atoms with Gasteiger partial charge in [-0.2, -0.15) is 0 Å². The van der Waals surface area contributed by atoms with E-state index < -0.39 is 0 Å². The van der Waals surface area contributed by atoms with E-state index in [-0.39, 0.29) is 5.60 Å². The molecule has 1 saturated carbocycles. The van der Waals surface area contributed by atoms with Crippen molar-refractivity contribution in [3.05, 3.63) is 0 Å². The third-order valence-corrected chi connectivity index (χ3v) is 4.78. The van der Waals surface area contributed by atoms with Crippen molar-refractivity contribution in [2.24, 2.45) is 11.3 Å². The van der Waals surface area contributed by atoms with Gasteiger partial charge in [-0.1, -0.05) is 27.7 Å². The van der Waals surface area contributed by atoms with Crippen molar-refractivity contribution in [3.63, 3.8) is 0 Å². The zero-order chi connectivity index (χ0) is 13.2. The molecule has 1 N–H and O–H groups in total. The molecular weight excluding hydrogens is 222 g/mol. The van der Waals surface area contributed by atoms with Gasteiger partial charge in [-0.15, -0.1) is 0 Å². The second-order valence-electron chi connectivity index (χ2n) is 7.59. The Balaban J connectivity index is 2.05. The van der Waals surface area contributed by atoms with E-state index in [1.165, 1.54) is 38.5 Å². The maximum Gasteiger partial charge on any atom is 0.0840 e. The quantitative estimate of drug-likeness (QED) is 0.827. The van der Waals surface area contributed by atoms with Crippen molar-refractivity contribution in [1.29, 1.82) is 0 Å². The Hall–Kier alpha value is -0.0800. The zero-order valence-corrected chi connectivity index (χ0v) is 12.7. The summed E-state index contributed by atoms with van der Waals surface area (Å²) in [6, 6.07) is 0.577. The molecule has 106 valence electrons. The monoisotopic (exact) mass is 253 g/mol. The molecule has 0 amide bonds. The SMILES string of the molecule is CC(C)CCC1NCCOC12CCCC(C)(C)C2. The Morgan fingerprint density at radius 3 is 2.72 bits per heavy atom. The molecule has 2 rings (SSSR count). The fourth-order valence-corrected chi connectivity index (χ4v) is 3.91. The van der Waals surface area contributed by atoms with Crippen molar-refractivity contribution < 1.29 is 4.74 Å². The zero-order valence-electron chi connectivity index (χ0n) is 12.7. The second-order valence-corrected chi connectivity index (χ2v) is 7.59. The summed E-state index contributed by atoms with van der Waals surface area (Å²) in [4.78, 5) is 0. The molecule has 1 heterocycles. The number of ether oxygens (including phenoxy) is 1. The first-order valence-electron chi connectivity index (χ1n) is 7.81. The van der Waals surface area contributed by atoms with Gasteiger partial charge in [0.2, 0.25) is 0 Å². The Bertz CT molecular complexity index is 270. The van der Waals surface area contributed by atoms with Gasteiger partial charge in [-0.05, 0) is 49.9 Å². The molecule has 0 bridgehead atoms. The minimum atomic E-state index is 0.134. The largest absolute Gasteiger partial charge is 0.372 e. The van der Waals surface area contributed by atoms with Crippen LogP contribution in [0, 0.1) is 11.3 Å². The van der Waals surface area contributed by atoms with E-state index in [2.05, 4.69) is 33.0 Å². The molecule has 0 aromatic heterocycles. The van der Waals surface area contributed by atoms with Crippen LogP contribution in [-0.4, -0.2) is 24.8 Å². The van der Waals surface area contributed by atoms with Gasteiger partial charge in [-0.3, -0.25) is 0 Å². The summed E-state index contributed by atoms with van der Waals surface area (Å²) in [5.74, 6) is 0.794. The molecule has 1 spiro atoms. The lowest BCUT2D eigenvalue weighted by Crippen LogP contribution is -2.60. The lowest BCUT2D eigenvalue weighted by Gasteiger charge is -2.51. The molecule has 0 radical (unpaired) electrons. The van der Waals surface area contributed by atoms with Crippen LogP contribution in [0.2, 0.25) is 0 Å². The first-order chi connectivity index (χ1) is 8.44. The second kappa shape index (κ2) is 5.50. The van der Waals surface area contributed by atoms with Gasteiger partial charge in [0.05, 0.1) is 12.2 Å². The molecule has 2 unspecified atom stereocenters. The van der Waals surface area contributed by atoms with Crippen LogP contribution < -0.4 is 5.32 Å². The average molecular weight is 253 g/mol. The smallest absolute Gasteiger partial charge is 0.0840 e. The first kappa shape index (κ1) is 14.3. The third kappa shape index (κ3) is 3.27. The molecule has 1 aliphatic carbocycles. The summed E-state index contributed by atoms with van der Waals surface area (Å²) in [7, 11) is 0. The van der Waals surface area contributed by atoms with Gasteiger partial charge in [0, 0.05) is 12.6 Å². The van der Waals surface area contributed by atoms with Gasteiger partial charge in [-0.25, -0.2) is 0 Å². The molecule has 2 aliphatic rings. The highest BCUT2D eigenvalue weighted by molar-refractivity contribution is 5.01. The lowest BCUT2D eigenvalue weighted by atomic mass is 9.66. The predicted octanol–water partition coefficient (Wildman–Crippen LogP) is 3.75. The highest BCUT2D eigenvalue weighted by Crippen LogP contribution is 2.46. The van der Waals surface area contributed by atoms with Crippen LogP contribution in [0.4, 0.5) is 0 Å². The van der Waals surface area contributed by atoms with Crippen LogP contribution in [0.5, 0.6) is 0 Å². The van der Waals surface area contributed by atoms with Crippen molar-refractivity contribution in [1.82, 2.24) is 5.32 Å². The molecule has 2 fully saturated rings. The summed E-state index contributed by atoms with van der Waals surface area (Å²) in [6.45, 7) is 11.4. The standard InChI is InChI=1S/C16H31NO/c1-13(2)6-7-14-16(18-11-10-17-14)9-5-8-15(3,4)12-16/h13-14,17H,5-12H2,1-4H3. The number of hydrogen-bond donors (Lipinski definition) is 1. The Morgan fingerprint density at radius 2 is 2.06 bits per heavy atom. The number of hydrogen-bond acceptors (Lipinski definition) is 2. The summed E-state index contributed by atoms with van der Waals surface area (Å²) in [6.07, 6.45) is 7.75. The molecule has 2 heteroatoms. The van der Waals surface area contributed by atoms with E-state index >= 15 is 0 Å². The van der Waals surface area contributed by atoms with Crippen molar-refractivity contribution in [3.8, 4) is 0 Å². The molecule has 2 nitrogen and oxygen atoms in total. The van der Waals surface area contributed by atoms with E-state index in [0.29, 0.717) is 11.5 Å². The van der Waals surface area contributed by atoms with Gasteiger partial charge in [0.15, 0.2) is 0 Å². The highest BCUT2D eigenvalue weighted by Gasteiger charge is 2.47. The van der Waals surface area contributed by atoms with Crippen LogP contribution in [0.1, 0.15) is 66.2 Å². The van der Waals surface area contributed by atoms with E-state index in [1.54, 1.807) is 0 Å².